The maximum atomic E-state index is 3.66. The van der Waals surface area contributed by atoms with E-state index in [2.05, 4.69) is 28.4 Å². The molecule has 1 aromatic carbocycles. The second kappa shape index (κ2) is 5.55. The zero-order valence-corrected chi connectivity index (χ0v) is 13.2. The minimum absolute atomic E-state index is 0.705. The number of piperidine rings is 1. The fraction of sp³-hybridized carbons (Fsp3) is 0.684. The molecule has 0 atom stereocenters. The third-order valence-corrected chi connectivity index (χ3v) is 6.13. The molecule has 2 heteroatoms. The molecule has 1 spiro atoms. The first-order chi connectivity index (χ1) is 10.4. The van der Waals surface area contributed by atoms with Gasteiger partial charge in [-0.05, 0) is 55.6 Å². The van der Waals surface area contributed by atoms with Gasteiger partial charge in [0.25, 0.3) is 0 Å². The van der Waals surface area contributed by atoms with Crippen LogP contribution in [0.5, 0.6) is 0 Å². The van der Waals surface area contributed by atoms with Gasteiger partial charge in [-0.15, -0.1) is 0 Å². The Balaban J connectivity index is 1.51. The van der Waals surface area contributed by atoms with Gasteiger partial charge in [-0.25, -0.2) is 0 Å². The number of nitrogens with zero attached hydrogens (tertiary/aromatic N) is 1. The molecule has 1 saturated heterocycles. The van der Waals surface area contributed by atoms with Crippen molar-refractivity contribution < 1.29 is 0 Å². The van der Waals surface area contributed by atoms with E-state index in [9.17, 15) is 0 Å². The third kappa shape index (κ3) is 2.54. The number of anilines is 2. The second-order valence-electron chi connectivity index (χ2n) is 7.39. The van der Waals surface area contributed by atoms with Crippen LogP contribution in [-0.4, -0.2) is 19.6 Å². The molecular formula is C19H28N2. The van der Waals surface area contributed by atoms with Gasteiger partial charge in [0.15, 0.2) is 0 Å². The quantitative estimate of drug-likeness (QED) is 0.811. The zero-order valence-electron chi connectivity index (χ0n) is 13.2. The average molecular weight is 284 g/mol. The largest absolute Gasteiger partial charge is 0.383 e. The van der Waals surface area contributed by atoms with E-state index in [1.807, 2.05) is 0 Å². The molecule has 2 fully saturated rings. The van der Waals surface area contributed by atoms with Gasteiger partial charge in [0.2, 0.25) is 0 Å². The number of benzene rings is 1. The number of para-hydroxylation sites is 1. The summed E-state index contributed by atoms with van der Waals surface area (Å²) in [5.74, 6) is 0. The molecular weight excluding hydrogens is 256 g/mol. The number of rotatable bonds is 1. The molecule has 1 aliphatic carbocycles. The smallest absolute Gasteiger partial charge is 0.0610 e. The van der Waals surface area contributed by atoms with Crippen molar-refractivity contribution in [2.24, 2.45) is 5.41 Å². The number of hydrogen-bond acceptors (Lipinski definition) is 2. The lowest BCUT2D eigenvalue weighted by Crippen LogP contribution is -2.41. The SMILES string of the molecule is c1cc2c(c(N3CCC4(CCCCC4)CC3)c1)NCCC2. The Morgan fingerprint density at radius 3 is 2.52 bits per heavy atom. The summed E-state index contributed by atoms with van der Waals surface area (Å²) >= 11 is 0. The van der Waals surface area contributed by atoms with E-state index in [1.165, 1.54) is 87.8 Å². The van der Waals surface area contributed by atoms with E-state index in [1.54, 1.807) is 0 Å². The van der Waals surface area contributed by atoms with Crippen molar-refractivity contribution >= 4 is 11.4 Å². The topological polar surface area (TPSA) is 15.3 Å². The monoisotopic (exact) mass is 284 g/mol. The zero-order chi connectivity index (χ0) is 14.1. The Morgan fingerprint density at radius 2 is 1.71 bits per heavy atom. The molecule has 2 heterocycles. The van der Waals surface area contributed by atoms with Gasteiger partial charge in [0.05, 0.1) is 11.4 Å². The van der Waals surface area contributed by atoms with Crippen LogP contribution in [0, 0.1) is 5.41 Å². The van der Waals surface area contributed by atoms with E-state index >= 15 is 0 Å². The van der Waals surface area contributed by atoms with Crippen LogP contribution in [0.2, 0.25) is 0 Å². The second-order valence-corrected chi connectivity index (χ2v) is 7.39. The van der Waals surface area contributed by atoms with Crippen LogP contribution in [0.25, 0.3) is 0 Å². The molecule has 0 aromatic heterocycles. The summed E-state index contributed by atoms with van der Waals surface area (Å²) in [4.78, 5) is 2.65. The van der Waals surface area contributed by atoms with E-state index in [4.69, 9.17) is 0 Å². The fourth-order valence-electron chi connectivity index (χ4n) is 4.78. The first kappa shape index (κ1) is 13.5. The summed E-state index contributed by atoms with van der Waals surface area (Å²) in [7, 11) is 0. The molecule has 3 aliphatic rings. The molecule has 2 aliphatic heterocycles. The predicted octanol–water partition coefficient (Wildman–Crippen LogP) is 4.60. The lowest BCUT2D eigenvalue weighted by atomic mass is 9.68. The molecule has 0 bridgehead atoms. The molecule has 1 N–H and O–H groups in total. The number of fused-ring (bicyclic) bond motifs is 1. The van der Waals surface area contributed by atoms with Crippen molar-refractivity contribution in [1.82, 2.24) is 0 Å². The highest BCUT2D eigenvalue weighted by Gasteiger charge is 2.36. The normalized spacial score (nSPS) is 24.5. The van der Waals surface area contributed by atoms with Gasteiger partial charge in [0.1, 0.15) is 0 Å². The maximum Gasteiger partial charge on any atom is 0.0610 e. The lowest BCUT2D eigenvalue weighted by Gasteiger charge is -2.45. The van der Waals surface area contributed by atoms with Crippen LogP contribution in [0.4, 0.5) is 11.4 Å². The summed E-state index contributed by atoms with van der Waals surface area (Å²) < 4.78 is 0. The van der Waals surface area contributed by atoms with Gasteiger partial charge in [-0.3, -0.25) is 0 Å². The third-order valence-electron chi connectivity index (χ3n) is 6.13. The number of nitrogens with one attached hydrogen (secondary N) is 1. The van der Waals surface area contributed by atoms with E-state index in [0.29, 0.717) is 5.41 Å². The molecule has 21 heavy (non-hydrogen) atoms. The highest BCUT2D eigenvalue weighted by molar-refractivity contribution is 5.74. The summed E-state index contributed by atoms with van der Waals surface area (Å²) in [5.41, 5.74) is 5.13. The number of aryl methyl sites for hydroxylation is 1. The summed E-state index contributed by atoms with van der Waals surface area (Å²) in [5, 5.41) is 3.66. The highest BCUT2D eigenvalue weighted by atomic mass is 15.2. The van der Waals surface area contributed by atoms with Gasteiger partial charge >= 0.3 is 0 Å². The van der Waals surface area contributed by atoms with Crippen molar-refractivity contribution in [2.45, 2.75) is 57.8 Å². The molecule has 0 amide bonds. The Hall–Kier alpha value is -1.18. The Bertz CT molecular complexity index is 492. The van der Waals surface area contributed by atoms with Gasteiger partial charge in [0, 0.05) is 19.6 Å². The standard InChI is InChI=1S/C19H28N2/c1-2-9-19(10-3-1)11-14-21(15-12-19)17-8-4-6-16-7-5-13-20-18(16)17/h4,6,8,20H,1-3,5,7,9-15H2. The highest BCUT2D eigenvalue weighted by Crippen LogP contribution is 2.46. The van der Waals surface area contributed by atoms with Crippen LogP contribution >= 0.6 is 0 Å². The van der Waals surface area contributed by atoms with E-state index < -0.39 is 0 Å². The van der Waals surface area contributed by atoms with Crippen LogP contribution in [0.15, 0.2) is 18.2 Å². The number of hydrogen-bond donors (Lipinski definition) is 1. The minimum atomic E-state index is 0.705. The fourth-order valence-corrected chi connectivity index (χ4v) is 4.78. The maximum absolute atomic E-state index is 3.66. The van der Waals surface area contributed by atoms with E-state index in [0.717, 1.165) is 6.54 Å². The van der Waals surface area contributed by atoms with Crippen LogP contribution in [0.3, 0.4) is 0 Å². The van der Waals surface area contributed by atoms with Crippen molar-refractivity contribution in [3.63, 3.8) is 0 Å². The molecule has 0 unspecified atom stereocenters. The lowest BCUT2D eigenvalue weighted by molar-refractivity contribution is 0.144. The molecule has 2 nitrogen and oxygen atoms in total. The molecule has 1 saturated carbocycles. The first-order valence-electron chi connectivity index (χ1n) is 8.97. The predicted molar refractivity (Wildman–Crippen MR) is 90.2 cm³/mol. The molecule has 114 valence electrons. The minimum Gasteiger partial charge on any atom is -0.383 e. The van der Waals surface area contributed by atoms with Gasteiger partial charge in [-0.2, -0.15) is 0 Å². The van der Waals surface area contributed by atoms with Crippen LogP contribution < -0.4 is 10.2 Å². The van der Waals surface area contributed by atoms with Gasteiger partial charge < -0.3 is 10.2 Å². The van der Waals surface area contributed by atoms with Crippen molar-refractivity contribution in [3.8, 4) is 0 Å². The van der Waals surface area contributed by atoms with E-state index in [-0.39, 0.29) is 0 Å². The Labute approximate surface area is 128 Å². The first-order valence-corrected chi connectivity index (χ1v) is 8.97. The Kier molecular flexibility index (Phi) is 3.56. The van der Waals surface area contributed by atoms with Crippen LogP contribution in [0.1, 0.15) is 56.9 Å². The Morgan fingerprint density at radius 1 is 0.905 bits per heavy atom. The summed E-state index contributed by atoms with van der Waals surface area (Å²) in [6.07, 6.45) is 12.8. The molecule has 1 aromatic rings. The summed E-state index contributed by atoms with van der Waals surface area (Å²) in [6.45, 7) is 3.66. The van der Waals surface area contributed by atoms with Crippen molar-refractivity contribution in [3.05, 3.63) is 23.8 Å². The van der Waals surface area contributed by atoms with Crippen molar-refractivity contribution in [2.75, 3.05) is 29.9 Å². The van der Waals surface area contributed by atoms with Gasteiger partial charge in [-0.1, -0.05) is 31.4 Å². The molecule has 4 rings (SSSR count). The molecule has 0 radical (unpaired) electrons. The summed E-state index contributed by atoms with van der Waals surface area (Å²) in [6, 6.07) is 6.89. The average Bonchev–Trinajstić information content (AvgIpc) is 2.56. The van der Waals surface area contributed by atoms with Crippen molar-refractivity contribution in [1.29, 1.82) is 0 Å². The van der Waals surface area contributed by atoms with Crippen LogP contribution in [-0.2, 0) is 6.42 Å².